The molecule has 0 aromatic carbocycles. The normalized spacial score (nSPS) is 10.8. The van der Waals surface area contributed by atoms with Crippen LogP contribution >= 0.6 is 0 Å². The van der Waals surface area contributed by atoms with Crippen LogP contribution in [0.5, 0.6) is 0 Å². The largest absolute Gasteiger partial charge is 0.328 e. The first-order chi connectivity index (χ1) is 7.86. The smallest absolute Gasteiger partial charge is 0.140 e. The van der Waals surface area contributed by atoms with Crippen LogP contribution in [0.25, 0.3) is 22.3 Å². The fourth-order valence-electron chi connectivity index (χ4n) is 1.96. The maximum Gasteiger partial charge on any atom is 0.140 e. The van der Waals surface area contributed by atoms with Crippen LogP contribution < -0.4 is 0 Å². The lowest BCUT2D eigenvalue weighted by molar-refractivity contribution is 0.956. The van der Waals surface area contributed by atoms with Crippen molar-refractivity contribution in [3.05, 3.63) is 48.9 Å². The number of pyridine rings is 2. The summed E-state index contributed by atoms with van der Waals surface area (Å²) in [5.74, 6) is 0. The van der Waals surface area contributed by atoms with E-state index in [0.29, 0.717) is 0 Å². The Labute approximate surface area is 93.4 Å². The fraction of sp³-hybridized carbons (Fsp3) is 0.0769. The van der Waals surface area contributed by atoms with Gasteiger partial charge in [-0.25, -0.2) is 4.98 Å². The van der Waals surface area contributed by atoms with E-state index in [0.717, 1.165) is 22.3 Å². The quantitative estimate of drug-likeness (QED) is 0.616. The minimum absolute atomic E-state index is 1.01. The highest BCUT2D eigenvalue weighted by atomic mass is 15.0. The lowest BCUT2D eigenvalue weighted by Gasteiger charge is -2.02. The van der Waals surface area contributed by atoms with Gasteiger partial charge in [0.25, 0.3) is 0 Å². The van der Waals surface area contributed by atoms with Crippen molar-refractivity contribution >= 4 is 11.0 Å². The van der Waals surface area contributed by atoms with Crippen molar-refractivity contribution in [1.29, 1.82) is 0 Å². The zero-order valence-electron chi connectivity index (χ0n) is 8.96. The summed E-state index contributed by atoms with van der Waals surface area (Å²) in [4.78, 5) is 8.40. The minimum atomic E-state index is 1.01. The molecular formula is C13H11N3. The van der Waals surface area contributed by atoms with E-state index in [1.807, 2.05) is 31.4 Å². The molecule has 3 rings (SSSR count). The first kappa shape index (κ1) is 9.09. The molecule has 0 saturated carbocycles. The molecule has 0 saturated heterocycles. The van der Waals surface area contributed by atoms with Gasteiger partial charge in [-0.15, -0.1) is 0 Å². The molecule has 3 heterocycles. The van der Waals surface area contributed by atoms with Crippen LogP contribution in [-0.2, 0) is 7.05 Å². The van der Waals surface area contributed by atoms with Crippen LogP contribution in [0.3, 0.4) is 0 Å². The van der Waals surface area contributed by atoms with Crippen molar-refractivity contribution in [2.75, 3.05) is 0 Å². The van der Waals surface area contributed by atoms with E-state index in [9.17, 15) is 0 Å². The Morgan fingerprint density at radius 1 is 1.06 bits per heavy atom. The topological polar surface area (TPSA) is 30.7 Å². The van der Waals surface area contributed by atoms with Gasteiger partial charge in [0.05, 0.1) is 5.69 Å². The molecule has 0 atom stereocenters. The van der Waals surface area contributed by atoms with Crippen molar-refractivity contribution < 1.29 is 0 Å². The molecule has 3 aromatic rings. The van der Waals surface area contributed by atoms with E-state index in [1.54, 1.807) is 12.4 Å². The molecule has 0 bridgehead atoms. The highest BCUT2D eigenvalue weighted by Crippen LogP contribution is 2.24. The average Bonchev–Trinajstić information content (AvgIpc) is 2.69. The molecule has 0 spiro atoms. The van der Waals surface area contributed by atoms with Gasteiger partial charge >= 0.3 is 0 Å². The zero-order valence-corrected chi connectivity index (χ0v) is 8.96. The number of fused-ring (bicyclic) bond motifs is 1. The van der Waals surface area contributed by atoms with Gasteiger partial charge in [0, 0.05) is 36.6 Å². The standard InChI is InChI=1S/C13H11N3/c1-16-12(10-4-7-14-8-5-10)9-11-3-2-6-15-13(11)16/h2-9H,1H3. The molecule has 78 valence electrons. The van der Waals surface area contributed by atoms with Crippen LogP contribution in [0.1, 0.15) is 0 Å². The maximum atomic E-state index is 4.37. The van der Waals surface area contributed by atoms with Gasteiger partial charge in [0.2, 0.25) is 0 Å². The van der Waals surface area contributed by atoms with Crippen LogP contribution in [0, 0.1) is 0 Å². The summed E-state index contributed by atoms with van der Waals surface area (Å²) in [5.41, 5.74) is 3.33. The van der Waals surface area contributed by atoms with Crippen molar-refractivity contribution in [1.82, 2.24) is 14.5 Å². The molecule has 0 radical (unpaired) electrons. The third kappa shape index (κ3) is 1.29. The van der Waals surface area contributed by atoms with Gasteiger partial charge in [-0.1, -0.05) is 0 Å². The van der Waals surface area contributed by atoms with Gasteiger partial charge in [-0.3, -0.25) is 4.98 Å². The second kappa shape index (κ2) is 3.45. The van der Waals surface area contributed by atoms with Crippen molar-refractivity contribution in [3.8, 4) is 11.3 Å². The summed E-state index contributed by atoms with van der Waals surface area (Å²) >= 11 is 0. The van der Waals surface area contributed by atoms with Crippen molar-refractivity contribution in [2.45, 2.75) is 0 Å². The summed E-state index contributed by atoms with van der Waals surface area (Å²) in [6.45, 7) is 0. The molecule has 16 heavy (non-hydrogen) atoms. The van der Waals surface area contributed by atoms with Crippen LogP contribution in [-0.4, -0.2) is 14.5 Å². The molecule has 0 aliphatic heterocycles. The average molecular weight is 209 g/mol. The summed E-state index contributed by atoms with van der Waals surface area (Å²) in [6.07, 6.45) is 5.43. The van der Waals surface area contributed by atoms with Crippen molar-refractivity contribution in [2.24, 2.45) is 7.05 Å². The van der Waals surface area contributed by atoms with Gasteiger partial charge < -0.3 is 4.57 Å². The molecule has 0 N–H and O–H groups in total. The Bertz CT molecular complexity index is 626. The Balaban J connectivity index is 2.29. The molecule has 3 nitrogen and oxygen atoms in total. The SMILES string of the molecule is Cn1c(-c2ccncc2)cc2cccnc21. The van der Waals surface area contributed by atoms with Gasteiger partial charge in [-0.05, 0) is 30.3 Å². The van der Waals surface area contributed by atoms with E-state index in [-0.39, 0.29) is 0 Å². The number of rotatable bonds is 1. The number of hydrogen-bond donors (Lipinski definition) is 0. The van der Waals surface area contributed by atoms with Crippen LogP contribution in [0.4, 0.5) is 0 Å². The summed E-state index contributed by atoms with van der Waals surface area (Å²) in [7, 11) is 2.03. The molecule has 0 unspecified atom stereocenters. The molecular weight excluding hydrogens is 198 g/mol. The van der Waals surface area contributed by atoms with Crippen molar-refractivity contribution in [3.63, 3.8) is 0 Å². The Morgan fingerprint density at radius 2 is 1.88 bits per heavy atom. The molecule has 0 aliphatic carbocycles. The monoisotopic (exact) mass is 209 g/mol. The minimum Gasteiger partial charge on any atom is -0.328 e. The molecule has 0 aliphatic rings. The molecule has 3 aromatic heterocycles. The lowest BCUT2D eigenvalue weighted by Crippen LogP contribution is -1.92. The zero-order chi connectivity index (χ0) is 11.0. The van der Waals surface area contributed by atoms with Crippen LogP contribution in [0.15, 0.2) is 48.9 Å². The fourth-order valence-corrected chi connectivity index (χ4v) is 1.96. The number of aromatic nitrogens is 3. The first-order valence-electron chi connectivity index (χ1n) is 5.17. The summed E-state index contributed by atoms with van der Waals surface area (Å²) < 4.78 is 2.10. The Morgan fingerprint density at radius 3 is 2.62 bits per heavy atom. The van der Waals surface area contributed by atoms with E-state index < -0.39 is 0 Å². The summed E-state index contributed by atoms with van der Waals surface area (Å²) in [5, 5.41) is 1.16. The number of nitrogens with zero attached hydrogens (tertiary/aromatic N) is 3. The number of hydrogen-bond acceptors (Lipinski definition) is 2. The molecule has 0 amide bonds. The lowest BCUT2D eigenvalue weighted by atomic mass is 10.2. The predicted octanol–water partition coefficient (Wildman–Crippen LogP) is 2.64. The third-order valence-corrected chi connectivity index (χ3v) is 2.76. The molecule has 0 fully saturated rings. The van der Waals surface area contributed by atoms with Gasteiger partial charge in [0.15, 0.2) is 0 Å². The second-order valence-electron chi connectivity index (χ2n) is 3.74. The number of aryl methyl sites for hydroxylation is 1. The van der Waals surface area contributed by atoms with Gasteiger partial charge in [-0.2, -0.15) is 0 Å². The van der Waals surface area contributed by atoms with Crippen LogP contribution in [0.2, 0.25) is 0 Å². The first-order valence-corrected chi connectivity index (χ1v) is 5.17. The highest BCUT2D eigenvalue weighted by molar-refractivity contribution is 5.83. The maximum absolute atomic E-state index is 4.37. The van der Waals surface area contributed by atoms with E-state index in [2.05, 4.69) is 26.7 Å². The van der Waals surface area contributed by atoms with E-state index in [4.69, 9.17) is 0 Å². The second-order valence-corrected chi connectivity index (χ2v) is 3.74. The summed E-state index contributed by atoms with van der Waals surface area (Å²) in [6, 6.07) is 10.2. The Hall–Kier alpha value is -2.16. The van der Waals surface area contributed by atoms with E-state index in [1.165, 1.54) is 0 Å². The predicted molar refractivity (Wildman–Crippen MR) is 63.9 cm³/mol. The highest BCUT2D eigenvalue weighted by Gasteiger charge is 2.07. The Kier molecular flexibility index (Phi) is 1.96. The third-order valence-electron chi connectivity index (χ3n) is 2.76. The molecule has 3 heteroatoms. The van der Waals surface area contributed by atoms with E-state index >= 15 is 0 Å². The van der Waals surface area contributed by atoms with Gasteiger partial charge in [0.1, 0.15) is 5.65 Å².